The quantitative estimate of drug-likeness (QED) is 0.429. The number of anilines is 2. The second kappa shape index (κ2) is 4.88. The molecule has 0 heterocycles. The molecule has 0 unspecified atom stereocenters. The third-order valence-corrected chi connectivity index (χ3v) is 2.51. The summed E-state index contributed by atoms with van der Waals surface area (Å²) in [6.45, 7) is 0. The van der Waals surface area contributed by atoms with Gasteiger partial charge in [-0.3, -0.25) is 0 Å². The van der Waals surface area contributed by atoms with E-state index in [1.165, 1.54) is 0 Å². The number of azo groups is 1. The molecule has 4 N–H and O–H groups in total. The van der Waals surface area contributed by atoms with Crippen molar-refractivity contribution < 1.29 is 0 Å². The van der Waals surface area contributed by atoms with Gasteiger partial charge in [0, 0.05) is 4.90 Å². The number of thiol groups is 1. The van der Waals surface area contributed by atoms with Crippen molar-refractivity contribution in [3.8, 4) is 0 Å². The molecule has 0 spiro atoms. The molecule has 0 saturated carbocycles. The first-order chi connectivity index (χ1) is 8.16. The van der Waals surface area contributed by atoms with Gasteiger partial charge < -0.3 is 11.5 Å². The predicted octanol–water partition coefficient (Wildman–Crippen LogP) is 3.56. The molecule has 0 radical (unpaired) electrons. The van der Waals surface area contributed by atoms with Gasteiger partial charge in [0.05, 0.1) is 17.1 Å². The zero-order valence-corrected chi connectivity index (χ0v) is 9.93. The third-order valence-electron chi connectivity index (χ3n) is 2.21. The number of nitrogens with two attached hydrogens (primary N) is 2. The number of nitrogens with zero attached hydrogens (tertiary/aromatic N) is 2. The Hall–Kier alpha value is -2.01. The smallest absolute Gasteiger partial charge is 0.131 e. The van der Waals surface area contributed by atoms with Gasteiger partial charge in [0.1, 0.15) is 5.69 Å². The Bertz CT molecular complexity index is 529. The minimum Gasteiger partial charge on any atom is -0.397 e. The van der Waals surface area contributed by atoms with E-state index >= 15 is 0 Å². The van der Waals surface area contributed by atoms with Crippen LogP contribution in [0.1, 0.15) is 0 Å². The van der Waals surface area contributed by atoms with Gasteiger partial charge in [-0.25, -0.2) is 0 Å². The molecule has 0 aliphatic heterocycles. The average molecular weight is 244 g/mol. The molecule has 4 nitrogen and oxygen atoms in total. The van der Waals surface area contributed by atoms with E-state index in [2.05, 4.69) is 22.9 Å². The Balaban J connectivity index is 2.29. The maximum atomic E-state index is 5.76. The summed E-state index contributed by atoms with van der Waals surface area (Å²) >= 11 is 4.19. The first-order valence-corrected chi connectivity index (χ1v) is 5.46. The summed E-state index contributed by atoms with van der Waals surface area (Å²) in [5.41, 5.74) is 13.8. The number of benzene rings is 2. The van der Waals surface area contributed by atoms with Gasteiger partial charge in [-0.05, 0) is 36.4 Å². The van der Waals surface area contributed by atoms with Crippen molar-refractivity contribution >= 4 is 35.4 Å². The summed E-state index contributed by atoms with van der Waals surface area (Å²) in [5.74, 6) is 0. The summed E-state index contributed by atoms with van der Waals surface area (Å²) < 4.78 is 0. The number of hydrogen-bond acceptors (Lipinski definition) is 5. The zero-order chi connectivity index (χ0) is 12.3. The van der Waals surface area contributed by atoms with Gasteiger partial charge in [-0.1, -0.05) is 6.07 Å². The number of hydrogen-bond donors (Lipinski definition) is 3. The van der Waals surface area contributed by atoms with Gasteiger partial charge in [0.2, 0.25) is 0 Å². The van der Waals surface area contributed by atoms with Gasteiger partial charge in [-0.15, -0.1) is 17.7 Å². The maximum Gasteiger partial charge on any atom is 0.131 e. The van der Waals surface area contributed by atoms with E-state index < -0.39 is 0 Å². The maximum absolute atomic E-state index is 5.76. The van der Waals surface area contributed by atoms with Crippen molar-refractivity contribution in [2.24, 2.45) is 10.2 Å². The van der Waals surface area contributed by atoms with Gasteiger partial charge in [-0.2, -0.15) is 5.11 Å². The van der Waals surface area contributed by atoms with Crippen molar-refractivity contribution in [1.82, 2.24) is 0 Å². The highest BCUT2D eigenvalue weighted by molar-refractivity contribution is 7.80. The molecule has 2 aromatic carbocycles. The largest absolute Gasteiger partial charge is 0.397 e. The lowest BCUT2D eigenvalue weighted by atomic mass is 10.2. The lowest BCUT2D eigenvalue weighted by molar-refractivity contribution is 1.23. The molecule has 2 rings (SSSR count). The Morgan fingerprint density at radius 3 is 2.00 bits per heavy atom. The molecule has 0 aliphatic carbocycles. The molecule has 5 heteroatoms. The molecule has 0 aliphatic rings. The van der Waals surface area contributed by atoms with Crippen molar-refractivity contribution in [3.63, 3.8) is 0 Å². The summed E-state index contributed by atoms with van der Waals surface area (Å²) in [6, 6.07) is 12.6. The van der Waals surface area contributed by atoms with Gasteiger partial charge >= 0.3 is 0 Å². The molecule has 0 atom stereocenters. The van der Waals surface area contributed by atoms with Crippen LogP contribution in [0.3, 0.4) is 0 Å². The summed E-state index contributed by atoms with van der Waals surface area (Å²) in [7, 11) is 0. The van der Waals surface area contributed by atoms with Crippen LogP contribution in [0.4, 0.5) is 22.7 Å². The molecule has 2 aromatic rings. The van der Waals surface area contributed by atoms with Crippen LogP contribution in [0.15, 0.2) is 57.6 Å². The van der Waals surface area contributed by atoms with Crippen LogP contribution in [-0.2, 0) is 0 Å². The van der Waals surface area contributed by atoms with Crippen LogP contribution in [0.5, 0.6) is 0 Å². The molecular weight excluding hydrogens is 232 g/mol. The fourth-order valence-electron chi connectivity index (χ4n) is 1.32. The highest BCUT2D eigenvalue weighted by Crippen LogP contribution is 2.30. The standard InChI is InChI=1S/C12H12N4S/c13-10-2-1-3-11(14)12(10)16-15-8-4-6-9(17)7-5-8/h1-7,17H,13-14H2. The van der Waals surface area contributed by atoms with Crippen molar-refractivity contribution in [1.29, 1.82) is 0 Å². The van der Waals surface area contributed by atoms with E-state index in [-0.39, 0.29) is 0 Å². The van der Waals surface area contributed by atoms with Crippen LogP contribution >= 0.6 is 12.6 Å². The first-order valence-electron chi connectivity index (χ1n) is 5.01. The minimum atomic E-state index is 0.502. The highest BCUT2D eigenvalue weighted by atomic mass is 32.1. The first kappa shape index (κ1) is 11.5. The topological polar surface area (TPSA) is 76.8 Å². The number of rotatable bonds is 2. The molecule has 0 saturated heterocycles. The second-order valence-electron chi connectivity index (χ2n) is 3.50. The fourth-order valence-corrected chi connectivity index (χ4v) is 1.47. The van der Waals surface area contributed by atoms with Crippen LogP contribution in [0.25, 0.3) is 0 Å². The van der Waals surface area contributed by atoms with Crippen LogP contribution in [-0.4, -0.2) is 0 Å². The molecule has 86 valence electrons. The molecule has 17 heavy (non-hydrogen) atoms. The Labute approximate surface area is 105 Å². The summed E-state index contributed by atoms with van der Waals surface area (Å²) in [5, 5.41) is 8.13. The second-order valence-corrected chi connectivity index (χ2v) is 4.02. The highest BCUT2D eigenvalue weighted by Gasteiger charge is 2.01. The summed E-state index contributed by atoms with van der Waals surface area (Å²) in [6.07, 6.45) is 0. The monoisotopic (exact) mass is 244 g/mol. The van der Waals surface area contributed by atoms with E-state index in [1.54, 1.807) is 18.2 Å². The van der Waals surface area contributed by atoms with E-state index in [9.17, 15) is 0 Å². The van der Waals surface area contributed by atoms with E-state index in [4.69, 9.17) is 11.5 Å². The molecule has 0 fully saturated rings. The van der Waals surface area contributed by atoms with Crippen molar-refractivity contribution in [2.75, 3.05) is 11.5 Å². The average Bonchev–Trinajstić information content (AvgIpc) is 2.31. The minimum absolute atomic E-state index is 0.502. The van der Waals surface area contributed by atoms with E-state index in [0.29, 0.717) is 17.1 Å². The van der Waals surface area contributed by atoms with Crippen LogP contribution in [0, 0.1) is 0 Å². The Kier molecular flexibility index (Phi) is 3.30. The Morgan fingerprint density at radius 2 is 1.41 bits per heavy atom. The number of nitrogen functional groups attached to an aromatic ring is 2. The molecule has 0 bridgehead atoms. The van der Waals surface area contributed by atoms with E-state index in [0.717, 1.165) is 10.6 Å². The Morgan fingerprint density at radius 1 is 0.824 bits per heavy atom. The molecular formula is C12H12N4S. The molecule has 0 aromatic heterocycles. The normalized spacial score (nSPS) is 10.9. The predicted molar refractivity (Wildman–Crippen MR) is 73.1 cm³/mol. The van der Waals surface area contributed by atoms with Crippen LogP contribution < -0.4 is 11.5 Å². The van der Waals surface area contributed by atoms with Crippen molar-refractivity contribution in [2.45, 2.75) is 4.90 Å². The SMILES string of the molecule is Nc1cccc(N)c1N=Nc1ccc(S)cc1. The molecule has 0 amide bonds. The van der Waals surface area contributed by atoms with E-state index in [1.807, 2.05) is 24.3 Å². The zero-order valence-electron chi connectivity index (χ0n) is 9.04. The third kappa shape index (κ3) is 2.76. The van der Waals surface area contributed by atoms with Crippen molar-refractivity contribution in [3.05, 3.63) is 42.5 Å². The van der Waals surface area contributed by atoms with Gasteiger partial charge in [0.15, 0.2) is 0 Å². The van der Waals surface area contributed by atoms with Crippen LogP contribution in [0.2, 0.25) is 0 Å². The fraction of sp³-hybridized carbons (Fsp3) is 0. The summed E-state index contributed by atoms with van der Waals surface area (Å²) in [4.78, 5) is 0.877. The lowest BCUT2D eigenvalue weighted by Gasteiger charge is -2.01. The van der Waals surface area contributed by atoms with Gasteiger partial charge in [0.25, 0.3) is 0 Å². The lowest BCUT2D eigenvalue weighted by Crippen LogP contribution is -1.90.